The molecule has 4 nitrogen and oxygen atoms in total. The summed E-state index contributed by atoms with van der Waals surface area (Å²) < 4.78 is 10.5. The van der Waals surface area contributed by atoms with Gasteiger partial charge in [0.15, 0.2) is 11.5 Å². The van der Waals surface area contributed by atoms with Crippen LogP contribution in [0.5, 0.6) is 11.5 Å². The van der Waals surface area contributed by atoms with Crippen molar-refractivity contribution < 1.29 is 14.3 Å². The Bertz CT molecular complexity index is 596. The summed E-state index contributed by atoms with van der Waals surface area (Å²) in [6.45, 7) is 1.99. The highest BCUT2D eigenvalue weighted by Crippen LogP contribution is 2.30. The van der Waals surface area contributed by atoms with Gasteiger partial charge in [0.25, 0.3) is 5.91 Å². The first kappa shape index (κ1) is 15.4. The number of para-hydroxylation sites is 1. The van der Waals surface area contributed by atoms with Crippen molar-refractivity contribution in [1.29, 1.82) is 0 Å². The number of nitrogens with one attached hydrogen (secondary N) is 1. The molecule has 1 unspecified atom stereocenters. The predicted molar refractivity (Wildman–Crippen MR) is 84.5 cm³/mol. The fourth-order valence-corrected chi connectivity index (χ4v) is 2.98. The van der Waals surface area contributed by atoms with E-state index in [1.807, 2.05) is 18.4 Å². The maximum Gasteiger partial charge on any atom is 0.255 e. The third-order valence-corrected chi connectivity index (χ3v) is 4.01. The van der Waals surface area contributed by atoms with E-state index in [1.54, 1.807) is 36.6 Å². The van der Waals surface area contributed by atoms with Gasteiger partial charge < -0.3 is 14.8 Å². The lowest BCUT2D eigenvalue weighted by molar-refractivity contribution is 0.0936. The molecular formula is C16H19NO3S. The van der Waals surface area contributed by atoms with Gasteiger partial charge in [-0.3, -0.25) is 4.79 Å². The molecule has 0 saturated carbocycles. The van der Waals surface area contributed by atoms with Crippen molar-refractivity contribution in [2.75, 3.05) is 14.2 Å². The van der Waals surface area contributed by atoms with Crippen LogP contribution in [0.3, 0.4) is 0 Å². The summed E-state index contributed by atoms with van der Waals surface area (Å²) in [6.07, 6.45) is 0.815. The predicted octanol–water partition coefficient (Wildman–Crippen LogP) is 3.13. The average molecular weight is 305 g/mol. The van der Waals surface area contributed by atoms with Crippen molar-refractivity contribution in [3.8, 4) is 11.5 Å². The van der Waals surface area contributed by atoms with E-state index in [0.717, 1.165) is 6.42 Å². The molecule has 0 spiro atoms. The molecule has 1 aromatic heterocycles. The highest BCUT2D eigenvalue weighted by Gasteiger charge is 2.18. The van der Waals surface area contributed by atoms with Gasteiger partial charge >= 0.3 is 0 Å². The third-order valence-electron chi connectivity index (χ3n) is 3.11. The van der Waals surface area contributed by atoms with Crippen LogP contribution in [0.1, 0.15) is 22.2 Å². The number of hydrogen-bond acceptors (Lipinski definition) is 4. The van der Waals surface area contributed by atoms with Crippen LogP contribution in [-0.4, -0.2) is 26.2 Å². The van der Waals surface area contributed by atoms with Crippen molar-refractivity contribution >= 4 is 17.2 Å². The summed E-state index contributed by atoms with van der Waals surface area (Å²) in [7, 11) is 3.09. The van der Waals surface area contributed by atoms with E-state index >= 15 is 0 Å². The van der Waals surface area contributed by atoms with Crippen LogP contribution in [0.4, 0.5) is 0 Å². The van der Waals surface area contributed by atoms with E-state index in [1.165, 1.54) is 12.0 Å². The highest BCUT2D eigenvalue weighted by molar-refractivity contribution is 7.09. The summed E-state index contributed by atoms with van der Waals surface area (Å²) in [5.74, 6) is 0.853. The summed E-state index contributed by atoms with van der Waals surface area (Å²) in [5.41, 5.74) is 0.481. The molecule has 0 aliphatic heterocycles. The molecule has 0 aliphatic carbocycles. The molecule has 1 atom stereocenters. The molecule has 1 amide bonds. The molecule has 1 heterocycles. The first-order valence-corrected chi connectivity index (χ1v) is 7.58. The minimum atomic E-state index is -0.158. The van der Waals surface area contributed by atoms with Crippen molar-refractivity contribution in [3.63, 3.8) is 0 Å². The lowest BCUT2D eigenvalue weighted by atomic mass is 10.1. The Kier molecular flexibility index (Phi) is 5.22. The summed E-state index contributed by atoms with van der Waals surface area (Å²) in [6, 6.07) is 9.41. The van der Waals surface area contributed by atoms with Crippen molar-refractivity contribution in [2.24, 2.45) is 0 Å². The lowest BCUT2D eigenvalue weighted by Crippen LogP contribution is -2.34. The standard InChI is InChI=1S/C16H19NO3S/c1-11(10-12-6-5-9-21-12)17-16(18)13-7-4-8-14(19-2)15(13)20-3/h4-9,11H,10H2,1-3H3,(H,17,18). The van der Waals surface area contributed by atoms with Gasteiger partial charge in [-0.1, -0.05) is 12.1 Å². The van der Waals surface area contributed by atoms with E-state index in [9.17, 15) is 4.79 Å². The Hall–Kier alpha value is -2.01. The van der Waals surface area contributed by atoms with E-state index in [-0.39, 0.29) is 11.9 Å². The fourth-order valence-electron chi connectivity index (χ4n) is 2.15. The fraction of sp³-hybridized carbons (Fsp3) is 0.312. The zero-order chi connectivity index (χ0) is 15.2. The molecule has 112 valence electrons. The van der Waals surface area contributed by atoms with Gasteiger partial charge in [0.2, 0.25) is 0 Å². The zero-order valence-electron chi connectivity index (χ0n) is 12.4. The van der Waals surface area contributed by atoms with Gasteiger partial charge in [-0.2, -0.15) is 0 Å². The Morgan fingerprint density at radius 1 is 1.24 bits per heavy atom. The van der Waals surface area contributed by atoms with Crippen molar-refractivity contribution in [3.05, 3.63) is 46.2 Å². The van der Waals surface area contributed by atoms with Gasteiger partial charge in [0.1, 0.15) is 0 Å². The number of amides is 1. The molecule has 1 aromatic carbocycles. The molecule has 0 aliphatic rings. The maximum absolute atomic E-state index is 12.4. The minimum absolute atomic E-state index is 0.0482. The van der Waals surface area contributed by atoms with Gasteiger partial charge in [-0.15, -0.1) is 11.3 Å². The smallest absolute Gasteiger partial charge is 0.255 e. The lowest BCUT2D eigenvalue weighted by Gasteiger charge is -2.16. The first-order chi connectivity index (χ1) is 10.2. The van der Waals surface area contributed by atoms with Crippen LogP contribution in [0, 0.1) is 0 Å². The quantitative estimate of drug-likeness (QED) is 0.892. The van der Waals surface area contributed by atoms with E-state index < -0.39 is 0 Å². The van der Waals surface area contributed by atoms with Gasteiger partial charge in [0, 0.05) is 17.3 Å². The van der Waals surface area contributed by atoms with Crippen LogP contribution in [0.15, 0.2) is 35.7 Å². The van der Waals surface area contributed by atoms with E-state index in [0.29, 0.717) is 17.1 Å². The molecular weight excluding hydrogens is 286 g/mol. The van der Waals surface area contributed by atoms with Gasteiger partial charge in [-0.25, -0.2) is 0 Å². The number of benzene rings is 1. The van der Waals surface area contributed by atoms with E-state index in [4.69, 9.17) is 9.47 Å². The molecule has 0 saturated heterocycles. The highest BCUT2D eigenvalue weighted by atomic mass is 32.1. The molecule has 0 bridgehead atoms. The second kappa shape index (κ2) is 7.13. The normalized spacial score (nSPS) is 11.8. The number of carbonyl (C=O) groups is 1. The van der Waals surface area contributed by atoms with Gasteiger partial charge in [0.05, 0.1) is 19.8 Å². The van der Waals surface area contributed by atoms with Crippen LogP contribution in [-0.2, 0) is 6.42 Å². The maximum atomic E-state index is 12.4. The molecule has 2 aromatic rings. The topological polar surface area (TPSA) is 47.6 Å². The van der Waals surface area contributed by atoms with Crippen LogP contribution < -0.4 is 14.8 Å². The van der Waals surface area contributed by atoms with Gasteiger partial charge in [-0.05, 0) is 30.5 Å². The second-order valence-electron chi connectivity index (χ2n) is 4.70. The summed E-state index contributed by atoms with van der Waals surface area (Å²) >= 11 is 1.69. The number of rotatable bonds is 6. The molecule has 0 fully saturated rings. The summed E-state index contributed by atoms with van der Waals surface area (Å²) in [4.78, 5) is 13.6. The Morgan fingerprint density at radius 2 is 2.05 bits per heavy atom. The van der Waals surface area contributed by atoms with Crippen LogP contribution in [0.2, 0.25) is 0 Å². The molecule has 0 radical (unpaired) electrons. The SMILES string of the molecule is COc1cccc(C(=O)NC(C)Cc2cccs2)c1OC. The van der Waals surface area contributed by atoms with Crippen LogP contribution in [0.25, 0.3) is 0 Å². The number of hydrogen-bond donors (Lipinski definition) is 1. The largest absolute Gasteiger partial charge is 0.493 e. The average Bonchev–Trinajstić information content (AvgIpc) is 2.98. The Labute approximate surface area is 128 Å². The third kappa shape index (κ3) is 3.76. The van der Waals surface area contributed by atoms with Crippen molar-refractivity contribution in [1.82, 2.24) is 5.32 Å². The van der Waals surface area contributed by atoms with Crippen LogP contribution >= 0.6 is 11.3 Å². The monoisotopic (exact) mass is 305 g/mol. The summed E-state index contributed by atoms with van der Waals surface area (Å²) in [5, 5.41) is 5.03. The first-order valence-electron chi connectivity index (χ1n) is 6.70. The Balaban J connectivity index is 2.09. The van der Waals surface area contributed by atoms with Crippen molar-refractivity contribution in [2.45, 2.75) is 19.4 Å². The number of ether oxygens (including phenoxy) is 2. The number of carbonyl (C=O) groups excluding carboxylic acids is 1. The number of thiophene rings is 1. The molecule has 5 heteroatoms. The minimum Gasteiger partial charge on any atom is -0.493 e. The molecule has 2 rings (SSSR count). The number of methoxy groups -OCH3 is 2. The molecule has 21 heavy (non-hydrogen) atoms. The second-order valence-corrected chi connectivity index (χ2v) is 5.73. The van der Waals surface area contributed by atoms with E-state index in [2.05, 4.69) is 11.4 Å². The zero-order valence-corrected chi connectivity index (χ0v) is 13.2. The Morgan fingerprint density at radius 3 is 2.67 bits per heavy atom. The molecule has 1 N–H and O–H groups in total.